The second-order valence-electron chi connectivity index (χ2n) is 4.38. The zero-order valence-electron chi connectivity index (χ0n) is 12.4. The summed E-state index contributed by atoms with van der Waals surface area (Å²) < 4.78 is 10.9. The van der Waals surface area contributed by atoms with E-state index in [2.05, 4.69) is 30.2 Å². The van der Waals surface area contributed by atoms with Crippen LogP contribution in [0.2, 0.25) is 0 Å². The number of rotatable bonds is 10. The lowest BCUT2D eigenvalue weighted by atomic mass is 10.1. The van der Waals surface area contributed by atoms with Crippen molar-refractivity contribution in [3.63, 3.8) is 0 Å². The molecule has 19 heavy (non-hydrogen) atoms. The number of hydrogen-bond donors (Lipinski definition) is 1. The standard InChI is InChI=1S/C15H26N2O2/c1-4-7-14-10-13(12-16-5-2)11-15(17-14)19-9-8-18-6-3/h10-11,16H,4-9,12H2,1-3H3. The highest BCUT2D eigenvalue weighted by Gasteiger charge is 2.03. The predicted octanol–water partition coefficient (Wildman–Crippen LogP) is 2.56. The first-order valence-electron chi connectivity index (χ1n) is 7.21. The van der Waals surface area contributed by atoms with Gasteiger partial charge in [0.25, 0.3) is 0 Å². The fourth-order valence-corrected chi connectivity index (χ4v) is 1.80. The summed E-state index contributed by atoms with van der Waals surface area (Å²) >= 11 is 0. The van der Waals surface area contributed by atoms with Crippen LogP contribution < -0.4 is 10.1 Å². The number of hydrogen-bond acceptors (Lipinski definition) is 4. The van der Waals surface area contributed by atoms with Gasteiger partial charge in [0.05, 0.1) is 6.61 Å². The molecule has 0 saturated heterocycles. The number of pyridine rings is 1. The van der Waals surface area contributed by atoms with Crippen molar-refractivity contribution in [1.82, 2.24) is 10.3 Å². The molecule has 0 bridgehead atoms. The van der Waals surface area contributed by atoms with Crippen molar-refractivity contribution in [1.29, 1.82) is 0 Å². The lowest BCUT2D eigenvalue weighted by Gasteiger charge is -2.10. The minimum atomic E-state index is 0.553. The Labute approximate surface area is 116 Å². The van der Waals surface area contributed by atoms with Gasteiger partial charge < -0.3 is 14.8 Å². The van der Waals surface area contributed by atoms with Gasteiger partial charge in [-0.15, -0.1) is 0 Å². The van der Waals surface area contributed by atoms with Crippen molar-refractivity contribution in [3.05, 3.63) is 23.4 Å². The number of nitrogens with one attached hydrogen (secondary N) is 1. The zero-order valence-corrected chi connectivity index (χ0v) is 12.4. The van der Waals surface area contributed by atoms with Gasteiger partial charge in [0.15, 0.2) is 0 Å². The van der Waals surface area contributed by atoms with Gasteiger partial charge in [-0.05, 0) is 31.5 Å². The van der Waals surface area contributed by atoms with E-state index in [0.717, 1.165) is 38.2 Å². The highest BCUT2D eigenvalue weighted by molar-refractivity contribution is 5.25. The molecule has 1 heterocycles. The quantitative estimate of drug-likeness (QED) is 0.661. The Balaban J connectivity index is 2.63. The molecule has 0 aliphatic rings. The fourth-order valence-electron chi connectivity index (χ4n) is 1.80. The zero-order chi connectivity index (χ0) is 13.9. The van der Waals surface area contributed by atoms with Gasteiger partial charge in [0.2, 0.25) is 5.88 Å². The van der Waals surface area contributed by atoms with Crippen LogP contribution in [0.25, 0.3) is 0 Å². The largest absolute Gasteiger partial charge is 0.475 e. The van der Waals surface area contributed by atoms with Crippen molar-refractivity contribution in [3.8, 4) is 5.88 Å². The maximum Gasteiger partial charge on any atom is 0.213 e. The van der Waals surface area contributed by atoms with Crippen LogP contribution in [0.1, 0.15) is 38.4 Å². The molecule has 1 aromatic heterocycles. The molecule has 0 amide bonds. The summed E-state index contributed by atoms with van der Waals surface area (Å²) in [6.45, 7) is 9.95. The first-order valence-corrected chi connectivity index (χ1v) is 7.21. The van der Waals surface area contributed by atoms with Gasteiger partial charge in [-0.1, -0.05) is 20.3 Å². The Bertz CT molecular complexity index is 356. The second kappa shape index (κ2) is 9.75. The van der Waals surface area contributed by atoms with E-state index in [-0.39, 0.29) is 0 Å². The van der Waals surface area contributed by atoms with Gasteiger partial charge in [-0.3, -0.25) is 0 Å². The smallest absolute Gasteiger partial charge is 0.213 e. The van der Waals surface area contributed by atoms with Crippen LogP contribution in [0.15, 0.2) is 12.1 Å². The minimum Gasteiger partial charge on any atom is -0.475 e. The molecule has 108 valence electrons. The number of aromatic nitrogens is 1. The predicted molar refractivity (Wildman–Crippen MR) is 77.6 cm³/mol. The Kier molecular flexibility index (Phi) is 8.18. The molecule has 0 aromatic carbocycles. The highest BCUT2D eigenvalue weighted by atomic mass is 16.5. The molecule has 1 N–H and O–H groups in total. The van der Waals surface area contributed by atoms with Crippen LogP contribution in [0.5, 0.6) is 5.88 Å². The Hall–Kier alpha value is -1.13. The number of aryl methyl sites for hydroxylation is 1. The summed E-state index contributed by atoms with van der Waals surface area (Å²) in [6.07, 6.45) is 2.08. The molecule has 0 atom stereocenters. The first-order chi connectivity index (χ1) is 9.30. The van der Waals surface area contributed by atoms with Crippen molar-refractivity contribution < 1.29 is 9.47 Å². The highest BCUT2D eigenvalue weighted by Crippen LogP contribution is 2.14. The summed E-state index contributed by atoms with van der Waals surface area (Å²) in [6, 6.07) is 4.16. The maximum atomic E-state index is 5.65. The molecule has 4 heteroatoms. The molecular formula is C15H26N2O2. The summed E-state index contributed by atoms with van der Waals surface area (Å²) in [5, 5.41) is 3.33. The summed E-state index contributed by atoms with van der Waals surface area (Å²) in [7, 11) is 0. The molecule has 1 rings (SSSR count). The minimum absolute atomic E-state index is 0.553. The Morgan fingerprint density at radius 3 is 2.68 bits per heavy atom. The van der Waals surface area contributed by atoms with Crippen LogP contribution in [0, 0.1) is 0 Å². The third kappa shape index (κ3) is 6.55. The first kappa shape index (κ1) is 15.9. The Morgan fingerprint density at radius 2 is 2.00 bits per heavy atom. The summed E-state index contributed by atoms with van der Waals surface area (Å²) in [5.41, 5.74) is 2.33. The average molecular weight is 266 g/mol. The average Bonchev–Trinajstić information content (AvgIpc) is 2.42. The van der Waals surface area contributed by atoms with Crippen LogP contribution in [-0.4, -0.2) is 31.3 Å². The topological polar surface area (TPSA) is 43.4 Å². The van der Waals surface area contributed by atoms with E-state index in [9.17, 15) is 0 Å². The van der Waals surface area contributed by atoms with E-state index >= 15 is 0 Å². The van der Waals surface area contributed by atoms with Gasteiger partial charge in [-0.25, -0.2) is 4.98 Å². The van der Waals surface area contributed by atoms with Gasteiger partial charge in [-0.2, -0.15) is 0 Å². The van der Waals surface area contributed by atoms with Crippen LogP contribution >= 0.6 is 0 Å². The van der Waals surface area contributed by atoms with Crippen molar-refractivity contribution in [2.75, 3.05) is 26.4 Å². The lowest BCUT2D eigenvalue weighted by Crippen LogP contribution is -2.13. The maximum absolute atomic E-state index is 5.65. The Morgan fingerprint density at radius 1 is 1.16 bits per heavy atom. The molecular weight excluding hydrogens is 240 g/mol. The van der Waals surface area contributed by atoms with E-state index in [1.165, 1.54) is 5.56 Å². The van der Waals surface area contributed by atoms with E-state index in [4.69, 9.17) is 9.47 Å². The SMILES string of the molecule is CCCc1cc(CNCC)cc(OCCOCC)n1. The second-order valence-corrected chi connectivity index (χ2v) is 4.38. The van der Waals surface area contributed by atoms with Crippen molar-refractivity contribution in [2.24, 2.45) is 0 Å². The van der Waals surface area contributed by atoms with E-state index in [1.807, 2.05) is 13.0 Å². The third-order valence-electron chi connectivity index (χ3n) is 2.68. The molecule has 0 saturated carbocycles. The molecule has 0 radical (unpaired) electrons. The van der Waals surface area contributed by atoms with E-state index in [0.29, 0.717) is 19.1 Å². The normalized spacial score (nSPS) is 10.7. The molecule has 0 aliphatic carbocycles. The molecule has 0 spiro atoms. The monoisotopic (exact) mass is 266 g/mol. The summed E-state index contributed by atoms with van der Waals surface area (Å²) in [5.74, 6) is 0.707. The van der Waals surface area contributed by atoms with Gasteiger partial charge in [0, 0.05) is 24.9 Å². The van der Waals surface area contributed by atoms with Gasteiger partial charge >= 0.3 is 0 Å². The van der Waals surface area contributed by atoms with Crippen LogP contribution in [-0.2, 0) is 17.7 Å². The molecule has 0 fully saturated rings. The molecule has 0 aliphatic heterocycles. The van der Waals surface area contributed by atoms with Crippen molar-refractivity contribution >= 4 is 0 Å². The molecule has 1 aromatic rings. The lowest BCUT2D eigenvalue weighted by molar-refractivity contribution is 0.108. The summed E-state index contributed by atoms with van der Waals surface area (Å²) in [4.78, 5) is 4.52. The van der Waals surface area contributed by atoms with Crippen LogP contribution in [0.3, 0.4) is 0 Å². The van der Waals surface area contributed by atoms with Crippen LogP contribution in [0.4, 0.5) is 0 Å². The van der Waals surface area contributed by atoms with E-state index in [1.54, 1.807) is 0 Å². The van der Waals surface area contributed by atoms with Gasteiger partial charge in [0.1, 0.15) is 6.61 Å². The molecule has 0 unspecified atom stereocenters. The number of nitrogens with zero attached hydrogens (tertiary/aromatic N) is 1. The van der Waals surface area contributed by atoms with Crippen molar-refractivity contribution in [2.45, 2.75) is 40.2 Å². The molecule has 4 nitrogen and oxygen atoms in total. The fraction of sp³-hybridized carbons (Fsp3) is 0.667. The third-order valence-corrected chi connectivity index (χ3v) is 2.68. The van der Waals surface area contributed by atoms with E-state index < -0.39 is 0 Å². The number of ether oxygens (including phenoxy) is 2.